The summed E-state index contributed by atoms with van der Waals surface area (Å²) in [6.07, 6.45) is -5.82. The second-order valence-electron chi connectivity index (χ2n) is 13.0. The quantitative estimate of drug-likeness (QED) is 0.0796. The molecule has 282 valence electrons. The van der Waals surface area contributed by atoms with Gasteiger partial charge in [0, 0.05) is 18.9 Å². The Bertz CT molecular complexity index is 1890. The van der Waals surface area contributed by atoms with Crippen LogP contribution >= 0.6 is 0 Å². The molecule has 52 heavy (non-hydrogen) atoms. The van der Waals surface area contributed by atoms with E-state index < -0.39 is 70.3 Å². The van der Waals surface area contributed by atoms with Gasteiger partial charge in [-0.05, 0) is 70.9 Å². The van der Waals surface area contributed by atoms with Crippen LogP contribution in [0.4, 0.5) is 13.2 Å². The zero-order chi connectivity index (χ0) is 38.4. The summed E-state index contributed by atoms with van der Waals surface area (Å²) in [6, 6.07) is 11.8. The largest absolute Gasteiger partial charge is 0.569 e. The lowest BCUT2D eigenvalue weighted by Crippen LogP contribution is -2.39. The van der Waals surface area contributed by atoms with Gasteiger partial charge in [0.2, 0.25) is 11.2 Å². The number of hydrogen-bond acceptors (Lipinski definition) is 11. The van der Waals surface area contributed by atoms with Crippen LogP contribution in [0, 0.1) is 17.5 Å². The third-order valence-electron chi connectivity index (χ3n) is 7.70. The van der Waals surface area contributed by atoms with Crippen LogP contribution in [-0.2, 0) is 44.9 Å². The van der Waals surface area contributed by atoms with Gasteiger partial charge in [-0.3, -0.25) is 19.2 Å². The summed E-state index contributed by atoms with van der Waals surface area (Å²) < 4.78 is 79.5. The van der Waals surface area contributed by atoms with Crippen molar-refractivity contribution in [1.29, 1.82) is 0 Å². The number of nitrogens with zero attached hydrogens (tertiary/aromatic N) is 5. The molecule has 19 heteroatoms. The van der Waals surface area contributed by atoms with Crippen LogP contribution in [0.3, 0.4) is 0 Å². The van der Waals surface area contributed by atoms with E-state index in [1.165, 1.54) is 24.1 Å². The standard InChI is InChI=1S/C33H39F3N6O9S/c1-21-8-10-23(11-9-21)27-19-28(33(34,35)36)37-41(27)24-12-14-26(15-13-24)52(47,48)38-29(43)16-17-30(44)49-20-25-7-6-18-40(25)42(46)39-51-22(2)50-31(45)32(3,4)5/h8-15,19,22,25H,6-7,16-18,20H2,1-5H3,(H,38,43)/b42-39-/t22?,25-/m0/s1. The van der Waals surface area contributed by atoms with E-state index >= 15 is 0 Å². The fraction of sp³-hybridized carbons (Fsp3) is 0.455. The van der Waals surface area contributed by atoms with Crippen LogP contribution < -0.4 is 4.72 Å². The van der Waals surface area contributed by atoms with Crippen molar-refractivity contribution in [3.8, 4) is 16.9 Å². The van der Waals surface area contributed by atoms with E-state index in [1.807, 2.05) is 11.6 Å². The number of benzene rings is 2. The summed E-state index contributed by atoms with van der Waals surface area (Å²) in [6.45, 7) is 8.24. The van der Waals surface area contributed by atoms with Gasteiger partial charge < -0.3 is 14.7 Å². The lowest BCUT2D eigenvalue weighted by atomic mass is 9.97. The predicted octanol–water partition coefficient (Wildman–Crippen LogP) is 5.20. The Morgan fingerprint density at radius 3 is 2.35 bits per heavy atom. The number of amides is 1. The van der Waals surface area contributed by atoms with Crippen molar-refractivity contribution < 1.29 is 55.3 Å². The molecule has 0 radical (unpaired) electrons. The molecule has 0 spiro atoms. The molecule has 0 aliphatic carbocycles. The molecule has 1 aliphatic heterocycles. The molecule has 1 saturated heterocycles. The molecule has 2 atom stereocenters. The first-order chi connectivity index (χ1) is 24.2. The third kappa shape index (κ3) is 10.4. The zero-order valence-corrected chi connectivity index (χ0v) is 29.9. The molecule has 1 fully saturated rings. The third-order valence-corrected chi connectivity index (χ3v) is 9.09. The minimum Gasteiger partial charge on any atom is -0.569 e. The SMILES string of the molecule is Cc1ccc(-c2cc(C(F)(F)F)nn2-c2ccc(S(=O)(=O)NC(=O)CCC(=O)OC[C@@H]3CCCN3/[N+]([O-])=N/OC(C)OC(=O)C(C)(C)C)cc2)cc1. The number of esters is 2. The summed E-state index contributed by atoms with van der Waals surface area (Å²) in [5, 5.41) is 20.8. The molecule has 15 nitrogen and oxygen atoms in total. The Kier molecular flexibility index (Phi) is 12.2. The number of carbonyl (C=O) groups excluding carboxylic acids is 3. The van der Waals surface area contributed by atoms with Crippen molar-refractivity contribution in [2.45, 2.75) is 83.7 Å². The van der Waals surface area contributed by atoms with E-state index in [0.29, 0.717) is 18.4 Å². The fourth-order valence-electron chi connectivity index (χ4n) is 4.87. The lowest BCUT2D eigenvalue weighted by molar-refractivity contribution is -0.716. The molecule has 1 N–H and O–H groups in total. The Morgan fingerprint density at radius 1 is 1.08 bits per heavy atom. The highest BCUT2D eigenvalue weighted by Crippen LogP contribution is 2.33. The molecule has 1 aliphatic rings. The maximum atomic E-state index is 13.5. The number of ether oxygens (including phenoxy) is 2. The maximum absolute atomic E-state index is 13.5. The van der Waals surface area contributed by atoms with Gasteiger partial charge in [-0.1, -0.05) is 29.8 Å². The van der Waals surface area contributed by atoms with Crippen molar-refractivity contribution in [1.82, 2.24) is 19.5 Å². The second-order valence-corrected chi connectivity index (χ2v) is 14.7. The second kappa shape index (κ2) is 16.0. The highest BCUT2D eigenvalue weighted by Gasteiger charge is 2.36. The molecule has 4 rings (SSSR count). The topological polar surface area (TPSA) is 185 Å². The van der Waals surface area contributed by atoms with E-state index in [9.17, 15) is 41.2 Å². The smallest absolute Gasteiger partial charge is 0.435 e. The van der Waals surface area contributed by atoms with Gasteiger partial charge in [-0.25, -0.2) is 17.8 Å². The molecule has 1 unspecified atom stereocenters. The monoisotopic (exact) mass is 752 g/mol. The minimum absolute atomic E-state index is 0.128. The Balaban J connectivity index is 1.30. The number of sulfonamides is 1. The lowest BCUT2D eigenvalue weighted by Gasteiger charge is -2.21. The van der Waals surface area contributed by atoms with Gasteiger partial charge in [0.25, 0.3) is 16.3 Å². The number of alkyl halides is 3. The molecular weight excluding hydrogens is 713 g/mol. The molecule has 2 aromatic carbocycles. The first kappa shape index (κ1) is 39.6. The average molecular weight is 753 g/mol. The van der Waals surface area contributed by atoms with Gasteiger partial charge in [0.15, 0.2) is 5.69 Å². The van der Waals surface area contributed by atoms with Crippen LogP contribution in [0.1, 0.15) is 64.6 Å². The summed E-state index contributed by atoms with van der Waals surface area (Å²) in [5.74, 6) is -2.37. The molecule has 0 saturated carbocycles. The molecule has 1 amide bonds. The minimum atomic E-state index is -4.73. The number of hydrazine groups is 1. The number of halogens is 3. The van der Waals surface area contributed by atoms with E-state index in [-0.39, 0.29) is 34.4 Å². The summed E-state index contributed by atoms with van der Waals surface area (Å²) in [4.78, 5) is 41.6. The Labute approximate surface area is 297 Å². The van der Waals surface area contributed by atoms with Crippen LogP contribution in [0.15, 0.2) is 64.8 Å². The number of aromatic nitrogens is 2. The molecule has 1 aromatic heterocycles. The molecular formula is C33H39F3N6O9S. The summed E-state index contributed by atoms with van der Waals surface area (Å²) in [5.41, 5.74) is -0.299. The van der Waals surface area contributed by atoms with E-state index in [0.717, 1.165) is 28.4 Å². The number of aryl methyl sites for hydroxylation is 1. The number of rotatable bonds is 13. The summed E-state index contributed by atoms with van der Waals surface area (Å²) >= 11 is 0. The summed E-state index contributed by atoms with van der Waals surface area (Å²) in [7, 11) is -4.42. The zero-order valence-electron chi connectivity index (χ0n) is 29.0. The first-order valence-corrected chi connectivity index (χ1v) is 17.6. The van der Waals surface area contributed by atoms with Crippen molar-refractivity contribution in [2.24, 2.45) is 10.7 Å². The number of carbonyl (C=O) groups is 3. The van der Waals surface area contributed by atoms with Crippen LogP contribution in [0.2, 0.25) is 0 Å². The Hall–Kier alpha value is -5.20. The van der Waals surface area contributed by atoms with Crippen molar-refractivity contribution in [3.05, 3.63) is 71.1 Å². The van der Waals surface area contributed by atoms with Crippen molar-refractivity contribution >= 4 is 27.9 Å². The number of nitrogens with one attached hydrogen (secondary N) is 1. The first-order valence-electron chi connectivity index (χ1n) is 16.1. The van der Waals surface area contributed by atoms with Crippen LogP contribution in [0.5, 0.6) is 0 Å². The van der Waals surface area contributed by atoms with Crippen LogP contribution in [-0.4, -0.2) is 71.5 Å². The van der Waals surface area contributed by atoms with Gasteiger partial charge in [0.05, 0.1) is 39.6 Å². The fourth-order valence-corrected chi connectivity index (χ4v) is 5.88. The van der Waals surface area contributed by atoms with E-state index in [4.69, 9.17) is 14.3 Å². The molecule has 0 bridgehead atoms. The highest BCUT2D eigenvalue weighted by molar-refractivity contribution is 7.90. The van der Waals surface area contributed by atoms with E-state index in [2.05, 4.69) is 10.4 Å². The van der Waals surface area contributed by atoms with Gasteiger partial charge in [0.1, 0.15) is 12.6 Å². The predicted molar refractivity (Wildman–Crippen MR) is 176 cm³/mol. The van der Waals surface area contributed by atoms with Crippen molar-refractivity contribution in [3.63, 3.8) is 0 Å². The molecule has 2 heterocycles. The number of hydrogen-bond donors (Lipinski definition) is 1. The molecule has 3 aromatic rings. The van der Waals surface area contributed by atoms with Gasteiger partial charge in [-0.2, -0.15) is 18.3 Å². The normalized spacial score (nSPS) is 16.0. The van der Waals surface area contributed by atoms with Gasteiger partial charge in [-0.15, -0.1) is 5.01 Å². The van der Waals surface area contributed by atoms with Gasteiger partial charge >= 0.3 is 18.1 Å². The Morgan fingerprint density at radius 2 is 1.73 bits per heavy atom. The highest BCUT2D eigenvalue weighted by atomic mass is 32.2. The van der Waals surface area contributed by atoms with Crippen LogP contribution in [0.25, 0.3) is 16.9 Å². The van der Waals surface area contributed by atoms with E-state index in [1.54, 1.807) is 45.0 Å². The average Bonchev–Trinajstić information content (AvgIpc) is 3.73. The maximum Gasteiger partial charge on any atom is 0.435 e. The van der Waals surface area contributed by atoms with Crippen molar-refractivity contribution in [2.75, 3.05) is 13.2 Å².